The molecule has 12 rings (SSSR count). The normalized spacial score (nSPS) is 12.9. The molecule has 1 aliphatic rings. The lowest BCUT2D eigenvalue weighted by atomic mass is 10.0. The molecule has 10 aromatic carbocycles. The van der Waals surface area contributed by atoms with Gasteiger partial charge < -0.3 is 4.57 Å². The molecule has 2 heterocycles. The van der Waals surface area contributed by atoms with E-state index in [9.17, 15) is 0 Å². The van der Waals surface area contributed by atoms with Crippen molar-refractivity contribution in [2.45, 2.75) is 0 Å². The largest absolute Gasteiger partial charge is 0.309 e. The van der Waals surface area contributed by atoms with Gasteiger partial charge in [-0.1, -0.05) is 237 Å². The van der Waals surface area contributed by atoms with Crippen molar-refractivity contribution >= 4 is 79.4 Å². The Morgan fingerprint density at radius 3 is 1.49 bits per heavy atom. The number of benzene rings is 10. The van der Waals surface area contributed by atoms with Crippen LogP contribution >= 0.6 is 0 Å². The first-order valence-electron chi connectivity index (χ1n) is 21.9. The molecule has 0 spiro atoms. The predicted octanol–water partition coefficient (Wildman–Crippen LogP) is 9.19. The van der Waals surface area contributed by atoms with Crippen LogP contribution in [-0.2, 0) is 0 Å². The van der Waals surface area contributed by atoms with Crippen LogP contribution in [0.3, 0.4) is 0 Å². The standard InChI is InChI=1S/C60H43NSi2/c1-6-22-46(23-7-1)61-57-35-18-16-33-53(57)56-43-52(38-40-58(56)61)62(47-24-8-2-9-25-47,48-26-10-3-11-27-48)51-32-20-21-44(41-51)45-37-39-55-54-34-17-19-36-59(54)63(60(55)42-45,49-28-12-4-13-29-49)50-30-14-5-15-31-50/h1-43H. The first-order valence-corrected chi connectivity index (χ1v) is 25.9. The monoisotopic (exact) mass is 833 g/mol. The molecule has 0 N–H and O–H groups in total. The third kappa shape index (κ3) is 5.67. The van der Waals surface area contributed by atoms with Crippen LogP contribution in [0.5, 0.6) is 0 Å². The SMILES string of the molecule is c1ccc(-n2c3ccccc3c3cc([Si](c4ccccc4)(c4ccccc4)c4cccc(-c5ccc6c(c5)[Si](c5ccccc5)(c5ccccc5)c5ccccc5-6)c4)ccc32)cc1. The van der Waals surface area contributed by atoms with E-state index in [4.69, 9.17) is 0 Å². The van der Waals surface area contributed by atoms with Gasteiger partial charge in [0.2, 0.25) is 0 Å². The fraction of sp³-hybridized carbons (Fsp3) is 0. The molecule has 296 valence electrons. The molecular weight excluding hydrogens is 791 g/mol. The Morgan fingerprint density at radius 2 is 0.810 bits per heavy atom. The Morgan fingerprint density at radius 1 is 0.302 bits per heavy atom. The van der Waals surface area contributed by atoms with Crippen molar-refractivity contribution in [3.63, 3.8) is 0 Å². The molecule has 0 fully saturated rings. The topological polar surface area (TPSA) is 4.93 Å². The van der Waals surface area contributed by atoms with Crippen LogP contribution in [-0.4, -0.2) is 20.7 Å². The summed E-state index contributed by atoms with van der Waals surface area (Å²) in [5.74, 6) is 0. The first-order chi connectivity index (χ1) is 31.3. The zero-order chi connectivity index (χ0) is 41.8. The molecule has 63 heavy (non-hydrogen) atoms. The van der Waals surface area contributed by atoms with Gasteiger partial charge >= 0.3 is 0 Å². The summed E-state index contributed by atoms with van der Waals surface area (Å²) in [5.41, 5.74) is 8.79. The maximum absolute atomic E-state index is 2.95. The zero-order valence-corrected chi connectivity index (χ0v) is 36.8. The fourth-order valence-electron chi connectivity index (χ4n) is 11.0. The Labute approximate surface area is 370 Å². The third-order valence-corrected chi connectivity index (χ3v) is 23.2. The van der Waals surface area contributed by atoms with E-state index in [1.807, 2.05) is 0 Å². The molecule has 0 bridgehead atoms. The number of para-hydroxylation sites is 2. The Kier molecular flexibility index (Phi) is 8.92. The molecule has 3 heteroatoms. The summed E-state index contributed by atoms with van der Waals surface area (Å²) >= 11 is 0. The highest BCUT2D eigenvalue weighted by molar-refractivity contribution is 7.22. The van der Waals surface area contributed by atoms with E-state index in [2.05, 4.69) is 265 Å². The zero-order valence-electron chi connectivity index (χ0n) is 34.8. The van der Waals surface area contributed by atoms with E-state index < -0.39 is 16.1 Å². The van der Waals surface area contributed by atoms with E-state index in [0.29, 0.717) is 0 Å². The van der Waals surface area contributed by atoms with Crippen molar-refractivity contribution in [1.29, 1.82) is 0 Å². The van der Waals surface area contributed by atoms with Gasteiger partial charge in [0.25, 0.3) is 0 Å². The van der Waals surface area contributed by atoms with Crippen molar-refractivity contribution in [2.75, 3.05) is 0 Å². The van der Waals surface area contributed by atoms with Crippen LogP contribution in [0.2, 0.25) is 0 Å². The Bertz CT molecular complexity index is 3360. The number of aromatic nitrogens is 1. The number of hydrogen-bond donors (Lipinski definition) is 0. The molecule has 0 radical (unpaired) electrons. The fourth-order valence-corrected chi connectivity index (χ4v) is 21.0. The van der Waals surface area contributed by atoms with Crippen LogP contribution in [0.1, 0.15) is 0 Å². The molecule has 11 aromatic rings. The van der Waals surface area contributed by atoms with E-state index in [0.717, 1.165) is 0 Å². The van der Waals surface area contributed by atoms with Crippen molar-refractivity contribution in [1.82, 2.24) is 4.57 Å². The van der Waals surface area contributed by atoms with Gasteiger partial charge in [-0.2, -0.15) is 0 Å². The Hall–Kier alpha value is -7.57. The summed E-state index contributed by atoms with van der Waals surface area (Å²) in [6, 6.07) is 98.4. The van der Waals surface area contributed by atoms with E-state index in [1.165, 1.54) is 91.2 Å². The molecule has 0 saturated carbocycles. The van der Waals surface area contributed by atoms with Crippen molar-refractivity contribution < 1.29 is 0 Å². The van der Waals surface area contributed by atoms with E-state index in [1.54, 1.807) is 0 Å². The van der Waals surface area contributed by atoms with Crippen molar-refractivity contribution in [2.24, 2.45) is 0 Å². The third-order valence-electron chi connectivity index (χ3n) is 13.6. The second-order valence-corrected chi connectivity index (χ2v) is 24.3. The van der Waals surface area contributed by atoms with Crippen LogP contribution < -0.4 is 41.5 Å². The first kappa shape index (κ1) is 37.2. The second-order valence-electron chi connectivity index (χ2n) is 16.8. The molecular formula is C60H43NSi2. The number of fused-ring (bicyclic) bond motifs is 6. The molecule has 1 aromatic heterocycles. The van der Waals surface area contributed by atoms with Gasteiger partial charge in [0, 0.05) is 16.5 Å². The minimum absolute atomic E-state index is 1.17. The van der Waals surface area contributed by atoms with Crippen molar-refractivity contribution in [3.8, 4) is 27.9 Å². The minimum atomic E-state index is -2.95. The Balaban J connectivity index is 1.11. The molecule has 1 nitrogen and oxygen atoms in total. The van der Waals surface area contributed by atoms with Crippen LogP contribution in [0.25, 0.3) is 49.7 Å². The summed E-state index contributed by atoms with van der Waals surface area (Å²) in [6.07, 6.45) is 0. The van der Waals surface area contributed by atoms with Crippen LogP contribution in [0, 0.1) is 0 Å². The van der Waals surface area contributed by atoms with Gasteiger partial charge in [0.1, 0.15) is 0 Å². The molecule has 0 aliphatic carbocycles. The highest BCUT2D eigenvalue weighted by atomic mass is 28.3. The van der Waals surface area contributed by atoms with Gasteiger partial charge in [-0.05, 0) is 88.0 Å². The lowest BCUT2D eigenvalue weighted by Crippen LogP contribution is -2.74. The lowest BCUT2D eigenvalue weighted by molar-refractivity contribution is 1.18. The van der Waals surface area contributed by atoms with Gasteiger partial charge in [0.15, 0.2) is 16.1 Å². The summed E-state index contributed by atoms with van der Waals surface area (Å²) in [7, 11) is -5.61. The highest BCUT2D eigenvalue weighted by Gasteiger charge is 2.49. The average molecular weight is 834 g/mol. The maximum atomic E-state index is 2.55. The predicted molar refractivity (Wildman–Crippen MR) is 272 cm³/mol. The minimum Gasteiger partial charge on any atom is -0.309 e. The maximum Gasteiger partial charge on any atom is 0.180 e. The number of rotatable bonds is 8. The van der Waals surface area contributed by atoms with Gasteiger partial charge in [0.05, 0.1) is 11.0 Å². The molecule has 0 saturated heterocycles. The quantitative estimate of drug-likeness (QED) is 0.106. The summed E-state index contributed by atoms with van der Waals surface area (Å²) in [5, 5.41) is 13.7. The summed E-state index contributed by atoms with van der Waals surface area (Å²) < 4.78 is 2.42. The summed E-state index contributed by atoms with van der Waals surface area (Å²) in [4.78, 5) is 0. The van der Waals surface area contributed by atoms with Gasteiger partial charge in [-0.25, -0.2) is 0 Å². The highest BCUT2D eigenvalue weighted by Crippen LogP contribution is 2.34. The summed E-state index contributed by atoms with van der Waals surface area (Å²) in [6.45, 7) is 0. The second kappa shape index (κ2) is 15.1. The molecule has 0 amide bonds. The van der Waals surface area contributed by atoms with Crippen molar-refractivity contribution in [3.05, 3.63) is 261 Å². The van der Waals surface area contributed by atoms with E-state index >= 15 is 0 Å². The smallest absolute Gasteiger partial charge is 0.180 e. The van der Waals surface area contributed by atoms with Gasteiger partial charge in [-0.15, -0.1) is 0 Å². The number of nitrogens with zero attached hydrogens (tertiary/aromatic N) is 1. The van der Waals surface area contributed by atoms with Gasteiger partial charge in [-0.3, -0.25) is 0 Å². The van der Waals surface area contributed by atoms with E-state index in [-0.39, 0.29) is 0 Å². The molecule has 1 aliphatic heterocycles. The lowest BCUT2D eigenvalue weighted by Gasteiger charge is -2.35. The number of hydrogen-bond acceptors (Lipinski definition) is 0. The molecule has 0 unspecified atom stereocenters. The molecule has 0 atom stereocenters. The average Bonchev–Trinajstić information content (AvgIpc) is 3.86. The van der Waals surface area contributed by atoms with Crippen LogP contribution in [0.4, 0.5) is 0 Å². The van der Waals surface area contributed by atoms with Crippen LogP contribution in [0.15, 0.2) is 261 Å².